The van der Waals surface area contributed by atoms with Gasteiger partial charge in [0.2, 0.25) is 0 Å². The van der Waals surface area contributed by atoms with Crippen molar-refractivity contribution in [2.75, 3.05) is 7.11 Å². The highest BCUT2D eigenvalue weighted by atomic mass is 16.7. The predicted molar refractivity (Wildman–Crippen MR) is 101 cm³/mol. The molecule has 1 aliphatic heterocycles. The zero-order valence-electron chi connectivity index (χ0n) is 16.9. The van der Waals surface area contributed by atoms with Crippen LogP contribution in [0.1, 0.15) is 59.8 Å². The quantitative estimate of drug-likeness (QED) is 0.576. The van der Waals surface area contributed by atoms with Crippen LogP contribution in [0.5, 0.6) is 6.01 Å². The SMILES string of the molecule is COC(=O)C[C@H]1CC[C@H](Oc2ncc(B3OC(C)(C)C(C)(C)O3)cn2)CC1. The van der Waals surface area contributed by atoms with E-state index in [1.165, 1.54) is 7.11 Å². The maximum Gasteiger partial charge on any atom is 0.498 e. The highest BCUT2D eigenvalue weighted by Gasteiger charge is 2.52. The summed E-state index contributed by atoms with van der Waals surface area (Å²) < 4.78 is 22.7. The molecule has 0 bridgehead atoms. The molecule has 0 aromatic carbocycles. The summed E-state index contributed by atoms with van der Waals surface area (Å²) in [7, 11) is 0.958. The van der Waals surface area contributed by atoms with Gasteiger partial charge >= 0.3 is 19.1 Å². The third kappa shape index (κ3) is 4.61. The summed E-state index contributed by atoms with van der Waals surface area (Å²) in [6.45, 7) is 8.06. The van der Waals surface area contributed by atoms with Crippen molar-refractivity contribution in [1.82, 2.24) is 9.97 Å². The van der Waals surface area contributed by atoms with Crippen LogP contribution < -0.4 is 10.2 Å². The van der Waals surface area contributed by atoms with Crippen molar-refractivity contribution in [2.24, 2.45) is 5.92 Å². The number of nitrogens with zero attached hydrogens (tertiary/aromatic N) is 2. The Kier molecular flexibility index (Phi) is 5.77. The Morgan fingerprint density at radius 3 is 2.19 bits per heavy atom. The number of esters is 1. The summed E-state index contributed by atoms with van der Waals surface area (Å²) in [6, 6.07) is 0.367. The molecular weight excluding hydrogens is 347 g/mol. The molecule has 7 nitrogen and oxygen atoms in total. The standard InChI is InChI=1S/C19H29BN2O5/c1-18(2)19(3,4)27-20(26-18)14-11-21-17(22-12-14)25-15-8-6-13(7-9-15)10-16(23)24-5/h11-13,15H,6-10H2,1-5H3/t13-,15-. The molecular formula is C19H29BN2O5. The Balaban J connectivity index is 1.51. The van der Waals surface area contributed by atoms with Crippen molar-refractivity contribution in [1.29, 1.82) is 0 Å². The van der Waals surface area contributed by atoms with Crippen LogP contribution in [-0.4, -0.2) is 47.5 Å². The third-order valence-electron chi connectivity index (χ3n) is 5.92. The fraction of sp³-hybridized carbons (Fsp3) is 0.737. The van der Waals surface area contributed by atoms with E-state index in [4.69, 9.17) is 18.8 Å². The maximum atomic E-state index is 11.4. The Hall–Kier alpha value is -1.67. The molecule has 0 amide bonds. The first-order chi connectivity index (χ1) is 12.7. The van der Waals surface area contributed by atoms with Crippen molar-refractivity contribution in [2.45, 2.75) is 77.1 Å². The van der Waals surface area contributed by atoms with Crippen LogP contribution in [0.3, 0.4) is 0 Å². The van der Waals surface area contributed by atoms with Gasteiger partial charge in [-0.1, -0.05) is 0 Å². The second-order valence-electron chi connectivity index (χ2n) is 8.43. The Labute approximate surface area is 161 Å². The molecule has 2 fully saturated rings. The van der Waals surface area contributed by atoms with E-state index in [2.05, 4.69) is 9.97 Å². The van der Waals surface area contributed by atoms with Crippen LogP contribution in [0.25, 0.3) is 0 Å². The highest BCUT2D eigenvalue weighted by molar-refractivity contribution is 6.61. The number of aromatic nitrogens is 2. The highest BCUT2D eigenvalue weighted by Crippen LogP contribution is 2.36. The number of carbonyl (C=O) groups excluding carboxylic acids is 1. The van der Waals surface area contributed by atoms with Crippen molar-refractivity contribution >= 4 is 18.6 Å². The first-order valence-electron chi connectivity index (χ1n) is 9.61. The second kappa shape index (κ2) is 7.76. The van der Waals surface area contributed by atoms with Gasteiger partial charge in [0.25, 0.3) is 0 Å². The van der Waals surface area contributed by atoms with Gasteiger partial charge < -0.3 is 18.8 Å². The molecule has 0 radical (unpaired) electrons. The Morgan fingerprint density at radius 2 is 1.67 bits per heavy atom. The second-order valence-corrected chi connectivity index (χ2v) is 8.43. The van der Waals surface area contributed by atoms with E-state index in [0.29, 0.717) is 18.3 Å². The first-order valence-corrected chi connectivity index (χ1v) is 9.61. The summed E-state index contributed by atoms with van der Waals surface area (Å²) in [5.74, 6) is 0.241. The molecule has 1 aromatic heterocycles. The molecule has 1 aromatic rings. The lowest BCUT2D eigenvalue weighted by Gasteiger charge is -2.32. The van der Waals surface area contributed by atoms with Crippen LogP contribution in [0, 0.1) is 5.92 Å². The molecule has 0 atom stereocenters. The molecule has 1 saturated heterocycles. The molecule has 27 heavy (non-hydrogen) atoms. The lowest BCUT2D eigenvalue weighted by molar-refractivity contribution is -0.142. The number of ether oxygens (including phenoxy) is 2. The van der Waals surface area contributed by atoms with Gasteiger partial charge in [-0.3, -0.25) is 4.79 Å². The molecule has 0 N–H and O–H groups in total. The lowest BCUT2D eigenvalue weighted by atomic mass is 9.81. The summed E-state index contributed by atoms with van der Waals surface area (Å²) in [6.07, 6.45) is 7.66. The number of hydrogen-bond donors (Lipinski definition) is 0. The molecule has 3 rings (SSSR count). The van der Waals surface area contributed by atoms with Gasteiger partial charge in [-0.05, 0) is 59.3 Å². The topological polar surface area (TPSA) is 79.8 Å². The van der Waals surface area contributed by atoms with Gasteiger partial charge in [0, 0.05) is 24.3 Å². The maximum absolute atomic E-state index is 11.4. The summed E-state index contributed by atoms with van der Waals surface area (Å²) >= 11 is 0. The van der Waals surface area contributed by atoms with E-state index in [1.54, 1.807) is 12.4 Å². The molecule has 2 heterocycles. The average Bonchev–Trinajstić information content (AvgIpc) is 2.85. The molecule has 1 aliphatic carbocycles. The van der Waals surface area contributed by atoms with E-state index in [9.17, 15) is 4.79 Å². The smallest absolute Gasteiger partial charge is 0.469 e. The molecule has 1 saturated carbocycles. The van der Waals surface area contributed by atoms with Crippen LogP contribution in [0.15, 0.2) is 12.4 Å². The summed E-state index contributed by atoms with van der Waals surface area (Å²) in [5.41, 5.74) is -0.00600. The fourth-order valence-corrected chi connectivity index (χ4v) is 3.41. The van der Waals surface area contributed by atoms with E-state index < -0.39 is 18.3 Å². The van der Waals surface area contributed by atoms with Crippen molar-refractivity contribution in [3.8, 4) is 6.01 Å². The Bertz CT molecular complexity index is 641. The van der Waals surface area contributed by atoms with Gasteiger partial charge in [0.15, 0.2) is 0 Å². The van der Waals surface area contributed by atoms with E-state index in [0.717, 1.165) is 31.1 Å². The molecule has 2 aliphatic rings. The summed E-state index contributed by atoms with van der Waals surface area (Å²) in [4.78, 5) is 20.0. The normalized spacial score (nSPS) is 26.6. The van der Waals surface area contributed by atoms with Gasteiger partial charge in [0.1, 0.15) is 6.10 Å². The molecule has 148 valence electrons. The third-order valence-corrected chi connectivity index (χ3v) is 5.92. The number of carbonyl (C=O) groups is 1. The number of methoxy groups -OCH3 is 1. The number of hydrogen-bond acceptors (Lipinski definition) is 7. The Morgan fingerprint density at radius 1 is 1.11 bits per heavy atom. The largest absolute Gasteiger partial charge is 0.498 e. The van der Waals surface area contributed by atoms with Crippen LogP contribution in [0.2, 0.25) is 0 Å². The monoisotopic (exact) mass is 376 g/mol. The predicted octanol–water partition coefficient (Wildman–Crippen LogP) is 2.28. The van der Waals surface area contributed by atoms with Gasteiger partial charge in [-0.15, -0.1) is 0 Å². The van der Waals surface area contributed by atoms with Gasteiger partial charge in [-0.2, -0.15) is 0 Å². The summed E-state index contributed by atoms with van der Waals surface area (Å²) in [5, 5.41) is 0. The average molecular weight is 376 g/mol. The van der Waals surface area contributed by atoms with E-state index >= 15 is 0 Å². The minimum Gasteiger partial charge on any atom is -0.469 e. The van der Waals surface area contributed by atoms with E-state index in [1.807, 2.05) is 27.7 Å². The van der Waals surface area contributed by atoms with Crippen LogP contribution in [-0.2, 0) is 18.8 Å². The zero-order valence-corrected chi connectivity index (χ0v) is 16.9. The van der Waals surface area contributed by atoms with Crippen LogP contribution in [0.4, 0.5) is 0 Å². The number of rotatable bonds is 5. The van der Waals surface area contributed by atoms with Crippen LogP contribution >= 0.6 is 0 Å². The van der Waals surface area contributed by atoms with Crippen molar-refractivity contribution < 1.29 is 23.6 Å². The molecule has 0 unspecified atom stereocenters. The minimum absolute atomic E-state index is 0.0848. The minimum atomic E-state index is -0.474. The van der Waals surface area contributed by atoms with Gasteiger partial charge in [-0.25, -0.2) is 9.97 Å². The van der Waals surface area contributed by atoms with Crippen molar-refractivity contribution in [3.05, 3.63) is 12.4 Å². The first kappa shape index (κ1) is 20.1. The van der Waals surface area contributed by atoms with Gasteiger partial charge in [0.05, 0.1) is 18.3 Å². The van der Waals surface area contributed by atoms with E-state index in [-0.39, 0.29) is 12.1 Å². The fourth-order valence-electron chi connectivity index (χ4n) is 3.41. The molecule has 8 heteroatoms. The molecule has 0 spiro atoms. The van der Waals surface area contributed by atoms with Crippen molar-refractivity contribution in [3.63, 3.8) is 0 Å². The zero-order chi connectivity index (χ0) is 19.7. The lowest BCUT2D eigenvalue weighted by Crippen LogP contribution is -2.41.